The molecule has 3 heterocycles. The van der Waals surface area contributed by atoms with Gasteiger partial charge in [0.15, 0.2) is 5.76 Å². The van der Waals surface area contributed by atoms with Gasteiger partial charge in [-0.25, -0.2) is 4.79 Å². The monoisotopic (exact) mass is 434 g/mol. The standard InChI is InChI=1S/C22H22N6O4/c23-13-17-21(32-20(25-17)18-7-4-12-31-18)28-10-8-27(9-11-28)15-19(29)26-22(30)24-14-16-5-2-1-3-6-16/h1-7,12H,8-11,14-15H2,(H2,24,26,29,30). The molecule has 10 heteroatoms. The number of aromatic nitrogens is 1. The first kappa shape index (κ1) is 21.1. The number of hydrogen-bond donors (Lipinski definition) is 2. The van der Waals surface area contributed by atoms with Crippen LogP contribution in [0.3, 0.4) is 0 Å². The maximum atomic E-state index is 12.2. The van der Waals surface area contributed by atoms with E-state index in [0.717, 1.165) is 5.56 Å². The van der Waals surface area contributed by atoms with E-state index < -0.39 is 6.03 Å². The number of oxazole rings is 1. The highest BCUT2D eigenvalue weighted by molar-refractivity contribution is 5.95. The third-order valence-electron chi connectivity index (χ3n) is 5.02. The summed E-state index contributed by atoms with van der Waals surface area (Å²) in [7, 11) is 0. The molecule has 3 amide bonds. The smallest absolute Gasteiger partial charge is 0.321 e. The highest BCUT2D eigenvalue weighted by Gasteiger charge is 2.26. The maximum Gasteiger partial charge on any atom is 0.321 e. The van der Waals surface area contributed by atoms with Crippen LogP contribution in [0.1, 0.15) is 11.3 Å². The molecule has 1 saturated heterocycles. The van der Waals surface area contributed by atoms with Gasteiger partial charge in [-0.3, -0.25) is 15.0 Å². The van der Waals surface area contributed by atoms with Crippen molar-refractivity contribution in [1.29, 1.82) is 5.26 Å². The minimum absolute atomic E-state index is 0.103. The van der Waals surface area contributed by atoms with E-state index in [1.54, 1.807) is 12.1 Å². The zero-order chi connectivity index (χ0) is 22.3. The van der Waals surface area contributed by atoms with Gasteiger partial charge in [-0.2, -0.15) is 10.2 Å². The SMILES string of the molecule is N#Cc1nc(-c2ccco2)oc1N1CCN(CC(=O)NC(=O)NCc2ccccc2)CC1. The second-order valence-corrected chi connectivity index (χ2v) is 7.24. The molecule has 4 rings (SSSR count). The molecule has 0 atom stereocenters. The second-order valence-electron chi connectivity index (χ2n) is 7.24. The summed E-state index contributed by atoms with van der Waals surface area (Å²) in [5, 5.41) is 14.4. The van der Waals surface area contributed by atoms with Crippen LogP contribution < -0.4 is 15.5 Å². The van der Waals surface area contributed by atoms with E-state index in [-0.39, 0.29) is 24.0 Å². The number of urea groups is 1. The molecule has 0 spiro atoms. The summed E-state index contributed by atoms with van der Waals surface area (Å²) in [5.41, 5.74) is 1.14. The molecule has 1 aliphatic rings. The summed E-state index contributed by atoms with van der Waals surface area (Å²) >= 11 is 0. The molecule has 3 aromatic rings. The first-order valence-electron chi connectivity index (χ1n) is 10.2. The summed E-state index contributed by atoms with van der Waals surface area (Å²) in [6.45, 7) is 2.69. The second kappa shape index (κ2) is 9.80. The number of piperazine rings is 1. The van der Waals surface area contributed by atoms with Crippen molar-refractivity contribution in [3.8, 4) is 17.7 Å². The summed E-state index contributed by atoms with van der Waals surface area (Å²) < 4.78 is 11.1. The molecule has 0 saturated carbocycles. The lowest BCUT2D eigenvalue weighted by Gasteiger charge is -2.33. The lowest BCUT2D eigenvalue weighted by molar-refractivity contribution is -0.121. The van der Waals surface area contributed by atoms with Gasteiger partial charge in [0.2, 0.25) is 17.5 Å². The van der Waals surface area contributed by atoms with Crippen LogP contribution in [0.2, 0.25) is 0 Å². The highest BCUT2D eigenvalue weighted by atomic mass is 16.4. The van der Waals surface area contributed by atoms with E-state index in [1.165, 1.54) is 6.26 Å². The molecule has 164 valence electrons. The van der Waals surface area contributed by atoms with Crippen molar-refractivity contribution in [3.05, 3.63) is 60.0 Å². The van der Waals surface area contributed by atoms with Crippen LogP contribution >= 0.6 is 0 Å². The van der Waals surface area contributed by atoms with Gasteiger partial charge in [0, 0.05) is 32.7 Å². The molecule has 0 unspecified atom stereocenters. The first-order valence-corrected chi connectivity index (χ1v) is 10.2. The number of amides is 3. The third-order valence-corrected chi connectivity index (χ3v) is 5.02. The van der Waals surface area contributed by atoms with E-state index >= 15 is 0 Å². The zero-order valence-electron chi connectivity index (χ0n) is 17.3. The van der Waals surface area contributed by atoms with E-state index in [0.29, 0.717) is 44.4 Å². The number of furan rings is 1. The normalized spacial score (nSPS) is 14.0. The molecule has 2 aromatic heterocycles. The molecule has 2 N–H and O–H groups in total. The average molecular weight is 434 g/mol. The molecular weight excluding hydrogens is 412 g/mol. The van der Waals surface area contributed by atoms with Crippen molar-refractivity contribution in [2.24, 2.45) is 0 Å². The number of carbonyl (C=O) groups is 2. The maximum absolute atomic E-state index is 12.2. The average Bonchev–Trinajstić information content (AvgIpc) is 3.49. The van der Waals surface area contributed by atoms with Gasteiger partial charge in [-0.15, -0.1) is 0 Å². The van der Waals surface area contributed by atoms with E-state index in [2.05, 4.69) is 21.7 Å². The quantitative estimate of drug-likeness (QED) is 0.603. The molecule has 0 aliphatic carbocycles. The van der Waals surface area contributed by atoms with E-state index in [4.69, 9.17) is 8.83 Å². The number of rotatable bonds is 6. The van der Waals surface area contributed by atoms with E-state index in [9.17, 15) is 14.9 Å². The van der Waals surface area contributed by atoms with Crippen LogP contribution in [-0.2, 0) is 11.3 Å². The number of nitrogens with zero attached hydrogens (tertiary/aromatic N) is 4. The zero-order valence-corrected chi connectivity index (χ0v) is 17.3. The van der Waals surface area contributed by atoms with Crippen LogP contribution in [0.4, 0.5) is 10.7 Å². The first-order chi connectivity index (χ1) is 15.6. The van der Waals surface area contributed by atoms with Crippen LogP contribution in [0.15, 0.2) is 57.6 Å². The van der Waals surface area contributed by atoms with E-state index in [1.807, 2.05) is 40.1 Å². The Labute approximate surface area is 184 Å². The Balaban J connectivity index is 1.25. The molecule has 0 radical (unpaired) electrons. The largest absolute Gasteiger partial charge is 0.459 e. The van der Waals surface area contributed by atoms with Crippen molar-refractivity contribution in [2.75, 3.05) is 37.6 Å². The topological polar surface area (TPSA) is 128 Å². The Kier molecular flexibility index (Phi) is 6.48. The number of anilines is 1. The van der Waals surface area contributed by atoms with Crippen LogP contribution in [0, 0.1) is 11.3 Å². The molecule has 10 nitrogen and oxygen atoms in total. The number of nitrogens with one attached hydrogen (secondary N) is 2. The van der Waals surface area contributed by atoms with Gasteiger partial charge >= 0.3 is 6.03 Å². The van der Waals surface area contributed by atoms with Gasteiger partial charge in [0.05, 0.1) is 12.8 Å². The van der Waals surface area contributed by atoms with Gasteiger partial charge in [0.1, 0.15) is 6.07 Å². The van der Waals surface area contributed by atoms with Crippen molar-refractivity contribution < 1.29 is 18.4 Å². The fourth-order valence-corrected chi connectivity index (χ4v) is 3.41. The van der Waals surface area contributed by atoms with Crippen molar-refractivity contribution in [2.45, 2.75) is 6.54 Å². The number of nitriles is 1. The Bertz CT molecular complexity index is 1100. The Morgan fingerprint density at radius 2 is 1.88 bits per heavy atom. The molecule has 0 bridgehead atoms. The third kappa shape index (κ3) is 5.14. The minimum Gasteiger partial charge on any atom is -0.459 e. The molecular formula is C22H22N6O4. The Hall–Kier alpha value is -4.10. The Morgan fingerprint density at radius 3 is 2.56 bits per heavy atom. The molecule has 32 heavy (non-hydrogen) atoms. The van der Waals surface area contributed by atoms with Gasteiger partial charge in [-0.05, 0) is 17.7 Å². The Morgan fingerprint density at radius 1 is 1.09 bits per heavy atom. The summed E-state index contributed by atoms with van der Waals surface area (Å²) in [6.07, 6.45) is 1.51. The van der Waals surface area contributed by atoms with Crippen molar-refractivity contribution >= 4 is 17.8 Å². The molecule has 1 fully saturated rings. The predicted octanol–water partition coefficient (Wildman–Crippen LogP) is 1.95. The summed E-state index contributed by atoms with van der Waals surface area (Å²) in [5.74, 6) is 0.725. The summed E-state index contributed by atoms with van der Waals surface area (Å²) in [4.78, 5) is 32.2. The summed E-state index contributed by atoms with van der Waals surface area (Å²) in [6, 6.07) is 14.4. The van der Waals surface area contributed by atoms with Crippen LogP contribution in [0.5, 0.6) is 0 Å². The highest BCUT2D eigenvalue weighted by Crippen LogP contribution is 2.28. The van der Waals surface area contributed by atoms with Gasteiger partial charge in [0.25, 0.3) is 5.89 Å². The number of carbonyl (C=O) groups excluding carboxylic acids is 2. The molecule has 1 aromatic carbocycles. The fourth-order valence-electron chi connectivity index (χ4n) is 3.41. The van der Waals surface area contributed by atoms with Gasteiger partial charge < -0.3 is 19.1 Å². The van der Waals surface area contributed by atoms with Crippen molar-refractivity contribution in [3.63, 3.8) is 0 Å². The number of hydrogen-bond acceptors (Lipinski definition) is 8. The van der Waals surface area contributed by atoms with Crippen LogP contribution in [0.25, 0.3) is 11.7 Å². The fraction of sp³-hybridized carbons (Fsp3) is 0.273. The minimum atomic E-state index is -0.525. The lowest BCUT2D eigenvalue weighted by Crippen LogP contribution is -2.51. The lowest BCUT2D eigenvalue weighted by atomic mass is 10.2. The van der Waals surface area contributed by atoms with Gasteiger partial charge in [-0.1, -0.05) is 30.3 Å². The number of imide groups is 1. The molecule has 1 aliphatic heterocycles. The van der Waals surface area contributed by atoms with Crippen LogP contribution in [-0.4, -0.2) is 54.5 Å². The number of benzene rings is 1. The predicted molar refractivity (Wildman–Crippen MR) is 114 cm³/mol. The van der Waals surface area contributed by atoms with Crippen molar-refractivity contribution in [1.82, 2.24) is 20.5 Å².